The number of nitrogens with one attached hydrogen (secondary N) is 1. The zero-order chi connectivity index (χ0) is 14.9. The summed E-state index contributed by atoms with van der Waals surface area (Å²) in [6, 6.07) is 1.62. The molecule has 0 bridgehead atoms. The second-order valence-corrected chi connectivity index (χ2v) is 6.24. The van der Waals surface area contributed by atoms with Crippen LogP contribution in [0.25, 0.3) is 0 Å². The van der Waals surface area contributed by atoms with Gasteiger partial charge in [0.1, 0.15) is 12.4 Å². The van der Waals surface area contributed by atoms with E-state index in [0.29, 0.717) is 5.82 Å². The first-order valence-corrected chi connectivity index (χ1v) is 7.21. The highest BCUT2D eigenvalue weighted by Crippen LogP contribution is 2.22. The maximum absolute atomic E-state index is 12.0. The number of thiazole rings is 1. The minimum Gasteiger partial charge on any atom is -0.384 e. The monoisotopic (exact) mass is 293 g/mol. The van der Waals surface area contributed by atoms with Crippen molar-refractivity contribution in [3.63, 3.8) is 0 Å². The topological polar surface area (TPSA) is 85.8 Å². The summed E-state index contributed by atoms with van der Waals surface area (Å²) >= 11 is 1.63. The van der Waals surface area contributed by atoms with Crippen molar-refractivity contribution in [2.45, 2.75) is 40.3 Å². The third kappa shape index (κ3) is 3.16. The Labute approximate surface area is 122 Å². The van der Waals surface area contributed by atoms with Crippen molar-refractivity contribution in [3.8, 4) is 0 Å². The van der Waals surface area contributed by atoms with Crippen LogP contribution in [0.1, 0.15) is 34.2 Å². The molecule has 6 nitrogen and oxygen atoms in total. The fraction of sp³-hybridized carbons (Fsp3) is 0.462. The van der Waals surface area contributed by atoms with Gasteiger partial charge in [0, 0.05) is 10.9 Å². The van der Waals surface area contributed by atoms with E-state index in [4.69, 9.17) is 5.73 Å². The van der Waals surface area contributed by atoms with Crippen molar-refractivity contribution in [2.24, 2.45) is 0 Å². The Balaban J connectivity index is 2.01. The number of rotatable bonds is 4. The lowest BCUT2D eigenvalue weighted by atomic mass is 10.2. The highest BCUT2D eigenvalue weighted by atomic mass is 32.1. The predicted molar refractivity (Wildman–Crippen MR) is 79.5 cm³/mol. The van der Waals surface area contributed by atoms with E-state index < -0.39 is 0 Å². The van der Waals surface area contributed by atoms with Gasteiger partial charge in [0.25, 0.3) is 0 Å². The summed E-state index contributed by atoms with van der Waals surface area (Å²) < 4.78 is 1.50. The van der Waals surface area contributed by atoms with Crippen LogP contribution in [0.5, 0.6) is 0 Å². The first kappa shape index (κ1) is 14.5. The van der Waals surface area contributed by atoms with Crippen molar-refractivity contribution >= 4 is 23.1 Å². The maximum Gasteiger partial charge on any atom is 0.242 e. The summed E-state index contributed by atoms with van der Waals surface area (Å²) in [6.45, 7) is 7.86. The molecule has 0 aliphatic heterocycles. The Morgan fingerprint density at radius 2 is 2.20 bits per heavy atom. The fourth-order valence-electron chi connectivity index (χ4n) is 2.13. The van der Waals surface area contributed by atoms with E-state index in [9.17, 15) is 4.79 Å². The molecule has 0 aliphatic rings. The smallest absolute Gasteiger partial charge is 0.242 e. The van der Waals surface area contributed by atoms with Gasteiger partial charge < -0.3 is 11.1 Å². The van der Waals surface area contributed by atoms with Gasteiger partial charge in [-0.25, -0.2) is 9.67 Å². The van der Waals surface area contributed by atoms with Gasteiger partial charge in [-0.3, -0.25) is 4.79 Å². The van der Waals surface area contributed by atoms with Crippen LogP contribution in [-0.4, -0.2) is 20.7 Å². The van der Waals surface area contributed by atoms with Gasteiger partial charge in [0.05, 0.1) is 22.4 Å². The number of anilines is 1. The fourth-order valence-corrected chi connectivity index (χ4v) is 3.04. The molecule has 2 heterocycles. The second-order valence-electron chi connectivity index (χ2n) is 4.83. The number of nitrogen functional groups attached to an aromatic ring is 1. The molecule has 2 aromatic heterocycles. The van der Waals surface area contributed by atoms with Crippen molar-refractivity contribution in [3.05, 3.63) is 27.3 Å². The van der Waals surface area contributed by atoms with Crippen molar-refractivity contribution in [1.82, 2.24) is 20.1 Å². The number of carbonyl (C=O) groups is 1. The number of aromatic nitrogens is 3. The van der Waals surface area contributed by atoms with Crippen LogP contribution in [0.4, 0.5) is 5.82 Å². The molecular formula is C13H19N5OS. The predicted octanol–water partition coefficient (Wildman–Crippen LogP) is 1.72. The van der Waals surface area contributed by atoms with Crippen LogP contribution in [0, 0.1) is 20.8 Å². The summed E-state index contributed by atoms with van der Waals surface area (Å²) in [6.07, 6.45) is 0. The number of aryl methyl sites for hydroxylation is 3. The summed E-state index contributed by atoms with van der Waals surface area (Å²) in [7, 11) is 0. The highest BCUT2D eigenvalue weighted by Gasteiger charge is 2.16. The second kappa shape index (κ2) is 5.62. The average molecular weight is 293 g/mol. The van der Waals surface area contributed by atoms with Crippen LogP contribution >= 0.6 is 11.3 Å². The summed E-state index contributed by atoms with van der Waals surface area (Å²) in [5.74, 6) is 0.364. The molecule has 0 radical (unpaired) electrons. The third-order valence-electron chi connectivity index (χ3n) is 2.95. The molecule has 20 heavy (non-hydrogen) atoms. The summed E-state index contributed by atoms with van der Waals surface area (Å²) in [4.78, 5) is 17.6. The molecule has 0 spiro atoms. The molecule has 0 aliphatic carbocycles. The highest BCUT2D eigenvalue weighted by molar-refractivity contribution is 7.11. The van der Waals surface area contributed by atoms with Crippen LogP contribution in [-0.2, 0) is 11.3 Å². The Morgan fingerprint density at radius 1 is 1.50 bits per heavy atom. The maximum atomic E-state index is 12.0. The Bertz CT molecular complexity index is 631. The normalized spacial score (nSPS) is 12.4. The number of nitrogens with zero attached hydrogens (tertiary/aromatic N) is 3. The van der Waals surface area contributed by atoms with Gasteiger partial charge in [-0.15, -0.1) is 11.3 Å². The molecule has 3 N–H and O–H groups in total. The number of amides is 1. The van der Waals surface area contributed by atoms with Crippen LogP contribution in [0.15, 0.2) is 6.07 Å². The standard InChI is InChI=1S/C13H19N5OS/c1-7-5-11(14)18(17-7)6-12(19)15-8(2)13-9(3)20-10(4)16-13/h5,8H,6,14H2,1-4H3,(H,15,19). The molecule has 2 rings (SSSR count). The minimum atomic E-state index is -0.127. The summed E-state index contributed by atoms with van der Waals surface area (Å²) in [5, 5.41) is 8.10. The Morgan fingerprint density at radius 3 is 2.70 bits per heavy atom. The van der Waals surface area contributed by atoms with Gasteiger partial charge in [-0.1, -0.05) is 0 Å². The minimum absolute atomic E-state index is 0.117. The Kier molecular flexibility index (Phi) is 4.08. The molecule has 0 saturated carbocycles. The summed E-state index contributed by atoms with van der Waals surface area (Å²) in [5.41, 5.74) is 7.49. The molecule has 7 heteroatoms. The number of nitrogens with two attached hydrogens (primary N) is 1. The van der Waals surface area contributed by atoms with E-state index in [1.165, 1.54) is 4.68 Å². The zero-order valence-electron chi connectivity index (χ0n) is 12.1. The zero-order valence-corrected chi connectivity index (χ0v) is 12.9. The molecule has 0 saturated heterocycles. The van der Waals surface area contributed by atoms with E-state index in [0.717, 1.165) is 21.3 Å². The quantitative estimate of drug-likeness (QED) is 0.899. The molecule has 1 amide bonds. The van der Waals surface area contributed by atoms with Gasteiger partial charge in [0.15, 0.2) is 0 Å². The SMILES string of the molecule is Cc1cc(N)n(CC(=O)NC(C)c2nc(C)sc2C)n1. The molecule has 0 aromatic carbocycles. The Hall–Kier alpha value is -1.89. The van der Waals surface area contributed by atoms with Crippen molar-refractivity contribution in [2.75, 3.05) is 5.73 Å². The van der Waals surface area contributed by atoms with Crippen LogP contribution in [0.3, 0.4) is 0 Å². The van der Waals surface area contributed by atoms with E-state index in [-0.39, 0.29) is 18.5 Å². The lowest BCUT2D eigenvalue weighted by Gasteiger charge is -2.13. The van der Waals surface area contributed by atoms with E-state index >= 15 is 0 Å². The molecular weight excluding hydrogens is 274 g/mol. The molecule has 2 aromatic rings. The lowest BCUT2D eigenvalue weighted by molar-refractivity contribution is -0.122. The number of hydrogen-bond acceptors (Lipinski definition) is 5. The van der Waals surface area contributed by atoms with Crippen molar-refractivity contribution < 1.29 is 4.79 Å². The van der Waals surface area contributed by atoms with E-state index in [1.54, 1.807) is 17.4 Å². The first-order valence-electron chi connectivity index (χ1n) is 6.40. The van der Waals surface area contributed by atoms with Crippen LogP contribution < -0.4 is 11.1 Å². The molecule has 1 unspecified atom stereocenters. The lowest BCUT2D eigenvalue weighted by Crippen LogP contribution is -2.31. The first-order chi connectivity index (χ1) is 9.36. The third-order valence-corrected chi connectivity index (χ3v) is 3.86. The molecule has 108 valence electrons. The largest absolute Gasteiger partial charge is 0.384 e. The number of carbonyl (C=O) groups excluding carboxylic acids is 1. The van der Waals surface area contributed by atoms with Gasteiger partial charge in [0.2, 0.25) is 5.91 Å². The van der Waals surface area contributed by atoms with Gasteiger partial charge in [-0.05, 0) is 27.7 Å². The van der Waals surface area contributed by atoms with Gasteiger partial charge in [-0.2, -0.15) is 5.10 Å². The van der Waals surface area contributed by atoms with Crippen LogP contribution in [0.2, 0.25) is 0 Å². The van der Waals surface area contributed by atoms with E-state index in [2.05, 4.69) is 15.4 Å². The number of hydrogen-bond donors (Lipinski definition) is 2. The molecule has 0 fully saturated rings. The molecule has 1 atom stereocenters. The van der Waals surface area contributed by atoms with Gasteiger partial charge >= 0.3 is 0 Å². The average Bonchev–Trinajstić information content (AvgIpc) is 2.81. The van der Waals surface area contributed by atoms with Crippen molar-refractivity contribution in [1.29, 1.82) is 0 Å². The van der Waals surface area contributed by atoms with E-state index in [1.807, 2.05) is 27.7 Å².